The molecule has 0 fully saturated rings. The number of rotatable bonds is 1. The molecule has 0 N–H and O–H groups in total. The molecule has 17 heavy (non-hydrogen) atoms. The maximum Gasteiger partial charge on any atom is 2.00 e. The summed E-state index contributed by atoms with van der Waals surface area (Å²) in [5, 5.41) is 0.389. The second kappa shape index (κ2) is 14.4. The van der Waals surface area contributed by atoms with Gasteiger partial charge in [0.15, 0.2) is 0 Å². The fraction of sp³-hybridized carbons (Fsp3) is 0. The second-order valence-corrected chi connectivity index (χ2v) is 5.80. The van der Waals surface area contributed by atoms with Gasteiger partial charge in [0, 0.05) is 0 Å². The molecule has 0 bridgehead atoms. The molecule has 0 atom stereocenters. The fourth-order valence-electron chi connectivity index (χ4n) is 0.806. The van der Waals surface area contributed by atoms with E-state index < -0.39 is 7.68 Å². The average Bonchev–Trinajstić information content (AvgIpc) is 2.96. The molecule has 0 aliphatic carbocycles. The van der Waals surface area contributed by atoms with E-state index >= 15 is 0 Å². The van der Waals surface area contributed by atoms with E-state index in [2.05, 4.69) is 0 Å². The van der Waals surface area contributed by atoms with E-state index in [1.54, 1.807) is 24.3 Å². The van der Waals surface area contributed by atoms with Crippen molar-refractivity contribution in [3.05, 3.63) is 54.6 Å². The quantitative estimate of drug-likeness (QED) is 0.394. The smallest absolute Gasteiger partial charge is 0.214 e. The molecular formula is C10H9Cl2FeO2PPd. The standard InChI is InChI=1S/C5H4O2P.C5H5.2ClH.Fe.Pd/c6-8(7)5-3-1-2-4-5;1-2-4-5-3-1;;;;/h1-4H;1-5H;2*1H;;/q2*-1;;;2*+2/p-2. The molecule has 0 aliphatic rings. The summed E-state index contributed by atoms with van der Waals surface area (Å²) in [7, 11) is 7.27. The normalized spacial score (nSPS) is 7.88. The molecular weight excluding hydrogens is 416 g/mol. The second-order valence-electron chi connectivity index (χ2n) is 2.41. The van der Waals surface area contributed by atoms with Crippen molar-refractivity contribution in [1.82, 2.24) is 0 Å². The number of hydrogen-bond acceptors (Lipinski definition) is 2. The van der Waals surface area contributed by atoms with Crippen molar-refractivity contribution in [2.24, 2.45) is 0 Å². The molecule has 0 aromatic heterocycles. The molecule has 2 aromatic rings. The first-order valence-corrected chi connectivity index (χ1v) is 9.25. The van der Waals surface area contributed by atoms with Gasteiger partial charge in [-0.15, -0.1) is 0 Å². The Balaban J connectivity index is 0. The molecule has 2 aromatic carbocycles. The Labute approximate surface area is 128 Å². The topological polar surface area (TPSA) is 34.1 Å². The minimum Gasteiger partial charge on any atom is -0.214 e. The minimum atomic E-state index is -2.36. The molecule has 0 saturated heterocycles. The van der Waals surface area contributed by atoms with E-state index in [9.17, 15) is 9.13 Å². The van der Waals surface area contributed by atoms with Gasteiger partial charge in [-0.2, -0.15) is 30.3 Å². The van der Waals surface area contributed by atoms with Gasteiger partial charge in [-0.1, -0.05) is 0 Å². The first-order chi connectivity index (χ1) is 7.72. The van der Waals surface area contributed by atoms with Crippen LogP contribution >= 0.6 is 26.7 Å². The molecule has 0 saturated carbocycles. The van der Waals surface area contributed by atoms with Crippen LogP contribution in [0, 0.1) is 0 Å². The summed E-state index contributed by atoms with van der Waals surface area (Å²) in [6.07, 6.45) is 0. The molecule has 0 amide bonds. The monoisotopic (exact) mass is 424 g/mol. The molecule has 0 heterocycles. The Hall–Kier alpha value is 0.362. The van der Waals surface area contributed by atoms with E-state index in [1.165, 1.54) is 0 Å². The van der Waals surface area contributed by atoms with Crippen LogP contribution in [0.5, 0.6) is 0 Å². The van der Waals surface area contributed by atoms with Crippen LogP contribution in [-0.4, -0.2) is 0 Å². The summed E-state index contributed by atoms with van der Waals surface area (Å²) < 4.78 is 20.2. The van der Waals surface area contributed by atoms with Gasteiger partial charge in [-0.3, -0.25) is 0 Å². The molecule has 0 spiro atoms. The zero-order valence-electron chi connectivity index (χ0n) is 8.39. The molecule has 0 radical (unpaired) electrons. The maximum atomic E-state index is 10.1. The Morgan fingerprint density at radius 2 is 1.41 bits per heavy atom. The fourth-order valence-corrected chi connectivity index (χ4v) is 1.22. The van der Waals surface area contributed by atoms with Crippen molar-refractivity contribution in [1.29, 1.82) is 0 Å². The van der Waals surface area contributed by atoms with Gasteiger partial charge in [0.2, 0.25) is 0 Å². The molecule has 0 aliphatic heterocycles. The third kappa shape index (κ3) is 12.6. The summed E-state index contributed by atoms with van der Waals surface area (Å²) in [5.41, 5.74) is 0. The van der Waals surface area contributed by atoms with E-state index in [-0.39, 0.29) is 33.0 Å². The zero-order valence-corrected chi connectivity index (χ0v) is 13.5. The summed E-state index contributed by atoms with van der Waals surface area (Å²) in [6.45, 7) is 0. The van der Waals surface area contributed by atoms with Gasteiger partial charge in [-0.25, -0.2) is 33.4 Å². The van der Waals surface area contributed by atoms with Crippen LogP contribution in [0.4, 0.5) is 0 Å². The van der Waals surface area contributed by atoms with Gasteiger partial charge >= 0.3 is 52.1 Å². The van der Waals surface area contributed by atoms with Gasteiger partial charge in [0.1, 0.15) is 0 Å². The van der Waals surface area contributed by atoms with Gasteiger partial charge in [0.05, 0.1) is 0 Å². The molecule has 98 valence electrons. The molecule has 2 nitrogen and oxygen atoms in total. The van der Waals surface area contributed by atoms with Crippen molar-refractivity contribution < 1.29 is 42.1 Å². The van der Waals surface area contributed by atoms with Gasteiger partial charge < -0.3 is 0 Å². The summed E-state index contributed by atoms with van der Waals surface area (Å²) >= 11 is -0.106. The minimum absolute atomic E-state index is 0. The Bertz CT molecular complexity index is 377. The van der Waals surface area contributed by atoms with Crippen molar-refractivity contribution in [3.63, 3.8) is 0 Å². The maximum absolute atomic E-state index is 10.1. The van der Waals surface area contributed by atoms with Crippen molar-refractivity contribution in [2.45, 2.75) is 0 Å². The van der Waals surface area contributed by atoms with Crippen molar-refractivity contribution >= 4 is 32.0 Å². The van der Waals surface area contributed by atoms with E-state index in [4.69, 9.17) is 19.1 Å². The van der Waals surface area contributed by atoms with Crippen LogP contribution in [-0.2, 0) is 42.1 Å². The van der Waals surface area contributed by atoms with Crippen LogP contribution < -0.4 is 5.30 Å². The van der Waals surface area contributed by atoms with Crippen LogP contribution in [0.1, 0.15) is 0 Å². The van der Waals surface area contributed by atoms with Gasteiger partial charge in [-0.05, 0) is 5.30 Å². The predicted octanol–water partition coefficient (Wildman–Crippen LogP) is 3.98. The first kappa shape index (κ1) is 19.7. The van der Waals surface area contributed by atoms with Crippen molar-refractivity contribution in [3.8, 4) is 0 Å². The SMILES string of the molecule is O=P(=O)[c-]1cccc1.[Cl][Pd][Cl].[Fe+2].c1cc[cH-]c1. The summed E-state index contributed by atoms with van der Waals surface area (Å²) in [5.74, 6) is 0. The third-order valence-electron chi connectivity index (χ3n) is 1.41. The van der Waals surface area contributed by atoms with E-state index in [0.717, 1.165) is 0 Å². The number of hydrogen-bond donors (Lipinski definition) is 0. The predicted molar refractivity (Wildman–Crippen MR) is 63.7 cm³/mol. The number of halogens is 2. The zero-order chi connectivity index (χ0) is 12.2. The van der Waals surface area contributed by atoms with Crippen LogP contribution in [0.3, 0.4) is 0 Å². The van der Waals surface area contributed by atoms with Crippen molar-refractivity contribution in [2.75, 3.05) is 0 Å². The third-order valence-corrected chi connectivity index (χ3v) is 2.13. The Kier molecular flexibility index (Phi) is 16.7. The van der Waals surface area contributed by atoms with Crippen LogP contribution in [0.15, 0.2) is 54.6 Å². The molecule has 2 rings (SSSR count). The van der Waals surface area contributed by atoms with E-state index in [0.29, 0.717) is 5.30 Å². The van der Waals surface area contributed by atoms with Gasteiger partial charge in [0.25, 0.3) is 7.68 Å². The summed E-state index contributed by atoms with van der Waals surface area (Å²) in [6, 6.07) is 16.5. The Morgan fingerprint density at radius 3 is 1.59 bits per heavy atom. The van der Waals surface area contributed by atoms with Crippen LogP contribution in [0.2, 0.25) is 0 Å². The Morgan fingerprint density at radius 1 is 1.00 bits per heavy atom. The van der Waals surface area contributed by atoms with E-state index in [1.807, 2.05) is 30.3 Å². The van der Waals surface area contributed by atoms with Crippen LogP contribution in [0.25, 0.3) is 0 Å². The molecule has 7 heteroatoms. The largest absolute Gasteiger partial charge is 2.00 e. The molecule has 0 unspecified atom stereocenters. The average molecular weight is 425 g/mol. The summed E-state index contributed by atoms with van der Waals surface area (Å²) in [4.78, 5) is 0. The first-order valence-electron chi connectivity index (χ1n) is 4.07.